The lowest BCUT2D eigenvalue weighted by atomic mass is 9.89. The summed E-state index contributed by atoms with van der Waals surface area (Å²) in [4.78, 5) is 0. The summed E-state index contributed by atoms with van der Waals surface area (Å²) in [6.07, 6.45) is 5.19. The van der Waals surface area contributed by atoms with E-state index in [0.29, 0.717) is 12.6 Å². The molecule has 0 bridgehead atoms. The van der Waals surface area contributed by atoms with Crippen LogP contribution >= 0.6 is 0 Å². The van der Waals surface area contributed by atoms with Gasteiger partial charge in [-0.15, -0.1) is 0 Å². The number of methoxy groups -OCH3 is 1. The molecule has 2 rings (SSSR count). The van der Waals surface area contributed by atoms with Gasteiger partial charge in [-0.25, -0.2) is 0 Å². The Morgan fingerprint density at radius 2 is 2.11 bits per heavy atom. The van der Waals surface area contributed by atoms with Gasteiger partial charge in [-0.3, -0.25) is 0 Å². The highest BCUT2D eigenvalue weighted by Gasteiger charge is 2.21. The Kier molecular flexibility index (Phi) is 4.48. The number of hydrogen-bond donors (Lipinski definition) is 1. The van der Waals surface area contributed by atoms with Crippen LogP contribution in [0.3, 0.4) is 0 Å². The van der Waals surface area contributed by atoms with Crippen LogP contribution in [0, 0.1) is 5.92 Å². The van der Waals surface area contributed by atoms with Gasteiger partial charge in [0.05, 0.1) is 13.2 Å². The second-order valence-corrected chi connectivity index (χ2v) is 5.20. The third kappa shape index (κ3) is 3.16. The second kappa shape index (κ2) is 6.10. The Labute approximate surface area is 109 Å². The summed E-state index contributed by atoms with van der Waals surface area (Å²) < 4.78 is 11.5. The van der Waals surface area contributed by atoms with E-state index in [-0.39, 0.29) is 0 Å². The van der Waals surface area contributed by atoms with E-state index in [2.05, 4.69) is 6.92 Å². The van der Waals surface area contributed by atoms with Crippen molar-refractivity contribution < 1.29 is 9.47 Å². The molecule has 1 saturated carbocycles. The highest BCUT2D eigenvalue weighted by atomic mass is 16.5. The number of benzene rings is 1. The van der Waals surface area contributed by atoms with Gasteiger partial charge in [-0.1, -0.05) is 19.4 Å². The van der Waals surface area contributed by atoms with E-state index in [9.17, 15) is 0 Å². The van der Waals surface area contributed by atoms with Crippen molar-refractivity contribution in [3.8, 4) is 11.5 Å². The molecule has 1 fully saturated rings. The minimum atomic E-state index is 0.325. The van der Waals surface area contributed by atoms with Crippen LogP contribution in [0.15, 0.2) is 18.2 Å². The van der Waals surface area contributed by atoms with E-state index in [1.807, 2.05) is 18.2 Å². The smallest absolute Gasteiger partial charge is 0.161 e. The number of hydrogen-bond acceptors (Lipinski definition) is 3. The van der Waals surface area contributed by atoms with E-state index in [4.69, 9.17) is 15.2 Å². The van der Waals surface area contributed by atoms with Gasteiger partial charge in [0, 0.05) is 6.54 Å². The zero-order chi connectivity index (χ0) is 13.0. The topological polar surface area (TPSA) is 44.5 Å². The van der Waals surface area contributed by atoms with Crippen molar-refractivity contribution in [1.29, 1.82) is 0 Å². The minimum Gasteiger partial charge on any atom is -0.493 e. The highest BCUT2D eigenvalue weighted by molar-refractivity contribution is 5.43. The molecule has 2 unspecified atom stereocenters. The lowest BCUT2D eigenvalue weighted by Gasteiger charge is -2.28. The minimum absolute atomic E-state index is 0.325. The van der Waals surface area contributed by atoms with Crippen LogP contribution in [-0.4, -0.2) is 13.2 Å². The maximum absolute atomic E-state index is 6.08. The summed E-state index contributed by atoms with van der Waals surface area (Å²) in [5, 5.41) is 0. The molecule has 0 spiro atoms. The summed E-state index contributed by atoms with van der Waals surface area (Å²) >= 11 is 0. The van der Waals surface area contributed by atoms with Gasteiger partial charge in [0.25, 0.3) is 0 Å². The van der Waals surface area contributed by atoms with Gasteiger partial charge in [0.2, 0.25) is 0 Å². The van der Waals surface area contributed by atoms with Crippen molar-refractivity contribution in [2.75, 3.05) is 7.11 Å². The molecule has 1 aromatic rings. The van der Waals surface area contributed by atoms with Gasteiger partial charge in [0.1, 0.15) is 0 Å². The van der Waals surface area contributed by atoms with Gasteiger partial charge in [0.15, 0.2) is 11.5 Å². The lowest BCUT2D eigenvalue weighted by Crippen LogP contribution is -2.24. The average Bonchev–Trinajstić information content (AvgIpc) is 2.39. The molecule has 0 heterocycles. The molecule has 1 aromatic carbocycles. The van der Waals surface area contributed by atoms with Crippen LogP contribution in [0.2, 0.25) is 0 Å². The molecule has 3 heteroatoms. The Hall–Kier alpha value is -1.22. The second-order valence-electron chi connectivity index (χ2n) is 5.20. The number of rotatable bonds is 4. The quantitative estimate of drug-likeness (QED) is 0.891. The SMILES string of the molecule is COc1cc(CN)ccc1OC1CCCC(C)C1. The molecular weight excluding hydrogens is 226 g/mol. The van der Waals surface area contributed by atoms with Crippen LogP contribution in [0.4, 0.5) is 0 Å². The first-order valence-electron chi connectivity index (χ1n) is 6.76. The van der Waals surface area contributed by atoms with E-state index in [0.717, 1.165) is 35.8 Å². The fraction of sp³-hybridized carbons (Fsp3) is 0.600. The first-order valence-corrected chi connectivity index (χ1v) is 6.76. The van der Waals surface area contributed by atoms with Crippen LogP contribution in [0.25, 0.3) is 0 Å². The highest BCUT2D eigenvalue weighted by Crippen LogP contribution is 2.33. The molecule has 0 amide bonds. The van der Waals surface area contributed by atoms with Gasteiger partial charge in [-0.2, -0.15) is 0 Å². The third-order valence-corrected chi connectivity index (χ3v) is 3.65. The number of nitrogens with two attached hydrogens (primary N) is 1. The predicted molar refractivity (Wildman–Crippen MR) is 72.9 cm³/mol. The van der Waals surface area contributed by atoms with Gasteiger partial charge in [-0.05, 0) is 42.9 Å². The molecule has 0 aliphatic heterocycles. The molecule has 2 N–H and O–H groups in total. The summed E-state index contributed by atoms with van der Waals surface area (Å²) in [5.74, 6) is 2.39. The molecule has 2 atom stereocenters. The molecule has 1 aliphatic rings. The van der Waals surface area contributed by atoms with Crippen molar-refractivity contribution >= 4 is 0 Å². The van der Waals surface area contributed by atoms with E-state index in [1.165, 1.54) is 12.8 Å². The van der Waals surface area contributed by atoms with Crippen LogP contribution < -0.4 is 15.2 Å². The van der Waals surface area contributed by atoms with Crippen LogP contribution in [-0.2, 0) is 6.54 Å². The molecule has 0 radical (unpaired) electrons. The summed E-state index contributed by atoms with van der Waals surface area (Å²) in [6.45, 7) is 2.82. The lowest BCUT2D eigenvalue weighted by molar-refractivity contribution is 0.125. The standard InChI is InChI=1S/C15H23NO2/c1-11-4-3-5-13(8-11)18-14-7-6-12(10-16)9-15(14)17-2/h6-7,9,11,13H,3-5,8,10,16H2,1-2H3. The number of ether oxygens (including phenoxy) is 2. The molecule has 100 valence electrons. The monoisotopic (exact) mass is 249 g/mol. The Morgan fingerprint density at radius 3 is 2.78 bits per heavy atom. The zero-order valence-corrected chi connectivity index (χ0v) is 11.3. The van der Waals surface area contributed by atoms with Crippen molar-refractivity contribution in [1.82, 2.24) is 0 Å². The first-order chi connectivity index (χ1) is 8.72. The van der Waals surface area contributed by atoms with Gasteiger partial charge >= 0.3 is 0 Å². The molecule has 0 saturated heterocycles. The average molecular weight is 249 g/mol. The molecule has 1 aliphatic carbocycles. The maximum Gasteiger partial charge on any atom is 0.161 e. The largest absolute Gasteiger partial charge is 0.493 e. The predicted octanol–water partition coefficient (Wildman–Crippen LogP) is 3.11. The summed E-state index contributed by atoms with van der Waals surface area (Å²) in [7, 11) is 1.67. The van der Waals surface area contributed by atoms with E-state index < -0.39 is 0 Å². The van der Waals surface area contributed by atoms with Gasteiger partial charge < -0.3 is 15.2 Å². The zero-order valence-electron chi connectivity index (χ0n) is 11.3. The van der Waals surface area contributed by atoms with Crippen LogP contribution in [0.5, 0.6) is 11.5 Å². The summed E-state index contributed by atoms with van der Waals surface area (Å²) in [5.41, 5.74) is 6.70. The van der Waals surface area contributed by atoms with E-state index in [1.54, 1.807) is 7.11 Å². The fourth-order valence-electron chi connectivity index (χ4n) is 2.60. The van der Waals surface area contributed by atoms with Crippen molar-refractivity contribution in [3.63, 3.8) is 0 Å². The maximum atomic E-state index is 6.08. The third-order valence-electron chi connectivity index (χ3n) is 3.65. The van der Waals surface area contributed by atoms with Crippen LogP contribution in [0.1, 0.15) is 38.2 Å². The van der Waals surface area contributed by atoms with E-state index >= 15 is 0 Å². The molecule has 0 aromatic heterocycles. The van der Waals surface area contributed by atoms with Crippen molar-refractivity contribution in [3.05, 3.63) is 23.8 Å². The first kappa shape index (κ1) is 13.2. The molecule has 3 nitrogen and oxygen atoms in total. The Bertz CT molecular complexity index is 392. The Balaban J connectivity index is 2.08. The van der Waals surface area contributed by atoms with Crippen molar-refractivity contribution in [2.45, 2.75) is 45.3 Å². The molecular formula is C15H23NO2. The Morgan fingerprint density at radius 1 is 1.28 bits per heavy atom. The van der Waals surface area contributed by atoms with Crippen molar-refractivity contribution in [2.24, 2.45) is 11.7 Å². The fourth-order valence-corrected chi connectivity index (χ4v) is 2.60. The summed E-state index contributed by atoms with van der Waals surface area (Å²) in [6, 6.07) is 5.94. The normalized spacial score (nSPS) is 23.7. The molecule has 18 heavy (non-hydrogen) atoms.